The average molecular weight is 346 g/mol. The number of nitrogens with zero attached hydrogens (tertiary/aromatic N) is 1. The molecule has 2 heterocycles. The van der Waals surface area contributed by atoms with Crippen molar-refractivity contribution in [2.45, 2.75) is 11.3 Å². The van der Waals surface area contributed by atoms with Crippen LogP contribution in [0.2, 0.25) is 0 Å². The lowest BCUT2D eigenvalue weighted by molar-refractivity contribution is 0.102. The number of hydrogen-bond donors (Lipinski definition) is 1. The number of amides is 1. The number of rotatable bonds is 5. The number of pyridine rings is 1. The van der Waals surface area contributed by atoms with Crippen molar-refractivity contribution in [2.75, 3.05) is 24.3 Å². The topological polar surface area (TPSA) is 85.4 Å². The molecule has 126 valence electrons. The first-order valence-electron chi connectivity index (χ1n) is 7.66. The number of nitrogens with one attached hydrogen (secondary N) is 1. The molecule has 0 aliphatic carbocycles. The fourth-order valence-electron chi connectivity index (χ4n) is 2.57. The van der Waals surface area contributed by atoms with Crippen LogP contribution in [0.25, 0.3) is 0 Å². The maximum Gasteiger partial charge on any atom is 0.257 e. The van der Waals surface area contributed by atoms with Crippen molar-refractivity contribution in [1.82, 2.24) is 4.98 Å². The quantitative estimate of drug-likeness (QED) is 0.896. The minimum Gasteiger partial charge on any atom is -0.381 e. The Kier molecular flexibility index (Phi) is 4.92. The number of aromatic nitrogens is 1. The van der Waals surface area contributed by atoms with Gasteiger partial charge in [-0.15, -0.1) is 0 Å². The first-order valence-corrected chi connectivity index (χ1v) is 9.32. The normalized spacial score (nSPS) is 17.6. The molecule has 0 bridgehead atoms. The van der Waals surface area contributed by atoms with E-state index >= 15 is 0 Å². The summed E-state index contributed by atoms with van der Waals surface area (Å²) in [5, 5.41) is 2.72. The molecule has 7 heteroatoms. The van der Waals surface area contributed by atoms with Crippen molar-refractivity contribution in [3.8, 4) is 0 Å². The Morgan fingerprint density at radius 1 is 1.25 bits per heavy atom. The Balaban J connectivity index is 1.67. The van der Waals surface area contributed by atoms with Crippen molar-refractivity contribution in [1.29, 1.82) is 0 Å². The zero-order valence-electron chi connectivity index (χ0n) is 13.0. The number of ether oxygens (including phenoxy) is 1. The Bertz CT molecular complexity index is 798. The summed E-state index contributed by atoms with van der Waals surface area (Å²) in [6.07, 6.45) is 3.84. The summed E-state index contributed by atoms with van der Waals surface area (Å²) in [7, 11) is -3.34. The van der Waals surface area contributed by atoms with Gasteiger partial charge in [-0.3, -0.25) is 9.78 Å². The van der Waals surface area contributed by atoms with E-state index in [4.69, 9.17) is 4.74 Å². The maximum absolute atomic E-state index is 12.4. The summed E-state index contributed by atoms with van der Waals surface area (Å²) >= 11 is 0. The second-order valence-electron chi connectivity index (χ2n) is 5.73. The Hall–Kier alpha value is -2.25. The van der Waals surface area contributed by atoms with E-state index in [1.807, 2.05) is 0 Å². The molecule has 1 aliphatic heterocycles. The van der Waals surface area contributed by atoms with Crippen molar-refractivity contribution in [3.63, 3.8) is 0 Å². The molecular formula is C17H18N2O4S. The van der Waals surface area contributed by atoms with E-state index in [1.54, 1.807) is 30.5 Å². The highest BCUT2D eigenvalue weighted by molar-refractivity contribution is 7.91. The van der Waals surface area contributed by atoms with Crippen LogP contribution in [-0.4, -0.2) is 38.3 Å². The number of anilines is 1. The first kappa shape index (κ1) is 16.6. The lowest BCUT2D eigenvalue weighted by Crippen LogP contribution is -2.16. The molecule has 1 saturated heterocycles. The van der Waals surface area contributed by atoms with Gasteiger partial charge in [-0.25, -0.2) is 8.42 Å². The molecule has 0 radical (unpaired) electrons. The van der Waals surface area contributed by atoms with Crippen LogP contribution in [0.15, 0.2) is 53.7 Å². The van der Waals surface area contributed by atoms with Gasteiger partial charge in [0.2, 0.25) is 0 Å². The van der Waals surface area contributed by atoms with Gasteiger partial charge in [0.1, 0.15) is 0 Å². The highest BCUT2D eigenvalue weighted by Crippen LogP contribution is 2.21. The van der Waals surface area contributed by atoms with E-state index in [1.165, 1.54) is 18.3 Å². The number of carbonyl (C=O) groups is 1. The smallest absolute Gasteiger partial charge is 0.257 e. The van der Waals surface area contributed by atoms with Crippen molar-refractivity contribution >= 4 is 21.4 Å². The summed E-state index contributed by atoms with van der Waals surface area (Å²) in [5.74, 6) is -0.143. The zero-order valence-corrected chi connectivity index (χ0v) is 13.8. The largest absolute Gasteiger partial charge is 0.381 e. The lowest BCUT2D eigenvalue weighted by atomic mass is 10.2. The molecule has 0 saturated carbocycles. The number of sulfone groups is 1. The Morgan fingerprint density at radius 3 is 2.67 bits per heavy atom. The molecule has 0 spiro atoms. The van der Waals surface area contributed by atoms with E-state index < -0.39 is 9.84 Å². The third kappa shape index (κ3) is 3.98. The predicted molar refractivity (Wildman–Crippen MR) is 89.6 cm³/mol. The van der Waals surface area contributed by atoms with E-state index in [-0.39, 0.29) is 22.5 Å². The molecule has 3 rings (SSSR count). The Morgan fingerprint density at radius 2 is 2.04 bits per heavy atom. The average Bonchev–Trinajstić information content (AvgIpc) is 3.08. The molecule has 1 aromatic heterocycles. The van der Waals surface area contributed by atoms with E-state index in [9.17, 15) is 13.2 Å². The van der Waals surface area contributed by atoms with Crippen LogP contribution in [0.1, 0.15) is 16.8 Å². The summed E-state index contributed by atoms with van der Waals surface area (Å²) < 4.78 is 30.0. The van der Waals surface area contributed by atoms with Gasteiger partial charge in [0.05, 0.1) is 22.8 Å². The van der Waals surface area contributed by atoms with Gasteiger partial charge in [-0.1, -0.05) is 0 Å². The second-order valence-corrected chi connectivity index (χ2v) is 7.77. The monoisotopic (exact) mass is 346 g/mol. The molecule has 2 aromatic rings. The number of benzene rings is 1. The van der Waals surface area contributed by atoms with Crippen LogP contribution in [0, 0.1) is 5.92 Å². The van der Waals surface area contributed by atoms with Crippen LogP contribution >= 0.6 is 0 Å². The SMILES string of the molecule is O=C(Nc1ccc(S(=O)(=O)C[C@@H]2CCOC2)cc1)c1cccnc1. The van der Waals surface area contributed by atoms with Crippen molar-refractivity contribution < 1.29 is 17.9 Å². The lowest BCUT2D eigenvalue weighted by Gasteiger charge is -2.10. The first-order chi connectivity index (χ1) is 11.5. The second kappa shape index (κ2) is 7.11. The minimum absolute atomic E-state index is 0.0555. The van der Waals surface area contributed by atoms with Gasteiger partial charge in [0.15, 0.2) is 9.84 Å². The molecule has 1 aromatic carbocycles. The molecule has 6 nitrogen and oxygen atoms in total. The number of hydrogen-bond acceptors (Lipinski definition) is 5. The summed E-state index contributed by atoms with van der Waals surface area (Å²) in [6.45, 7) is 1.12. The van der Waals surface area contributed by atoms with E-state index in [2.05, 4.69) is 10.3 Å². The molecule has 1 N–H and O–H groups in total. The van der Waals surface area contributed by atoms with Gasteiger partial charge in [-0.2, -0.15) is 0 Å². The zero-order chi connectivity index (χ0) is 17.0. The summed E-state index contributed by atoms with van der Waals surface area (Å²) in [5.41, 5.74) is 0.974. The maximum atomic E-state index is 12.4. The highest BCUT2D eigenvalue weighted by atomic mass is 32.2. The molecule has 0 unspecified atom stereocenters. The third-order valence-electron chi connectivity index (χ3n) is 3.87. The van der Waals surface area contributed by atoms with Gasteiger partial charge >= 0.3 is 0 Å². The summed E-state index contributed by atoms with van der Waals surface area (Å²) in [4.78, 5) is 16.2. The van der Waals surface area contributed by atoms with Gasteiger partial charge in [-0.05, 0) is 48.7 Å². The van der Waals surface area contributed by atoms with E-state index in [0.717, 1.165) is 6.42 Å². The highest BCUT2D eigenvalue weighted by Gasteiger charge is 2.24. The fourth-order valence-corrected chi connectivity index (χ4v) is 4.19. The Labute approximate surface area is 140 Å². The summed E-state index contributed by atoms with van der Waals surface area (Å²) in [6, 6.07) is 9.55. The van der Waals surface area contributed by atoms with Gasteiger partial charge in [0, 0.05) is 24.7 Å². The molecule has 24 heavy (non-hydrogen) atoms. The van der Waals surface area contributed by atoms with Crippen molar-refractivity contribution in [2.24, 2.45) is 5.92 Å². The predicted octanol–water partition coefficient (Wildman–Crippen LogP) is 2.14. The van der Waals surface area contributed by atoms with Crippen LogP contribution in [0.4, 0.5) is 5.69 Å². The molecule has 1 aliphatic rings. The number of carbonyl (C=O) groups excluding carboxylic acids is 1. The molecule has 1 atom stereocenters. The minimum atomic E-state index is -3.34. The van der Waals surface area contributed by atoms with Gasteiger partial charge in [0.25, 0.3) is 5.91 Å². The van der Waals surface area contributed by atoms with Gasteiger partial charge < -0.3 is 10.1 Å². The van der Waals surface area contributed by atoms with Crippen molar-refractivity contribution in [3.05, 3.63) is 54.4 Å². The van der Waals surface area contributed by atoms with Crippen LogP contribution < -0.4 is 5.32 Å². The van der Waals surface area contributed by atoms with Crippen LogP contribution in [-0.2, 0) is 14.6 Å². The molecule has 1 fully saturated rings. The molecule has 1 amide bonds. The van der Waals surface area contributed by atoms with Crippen LogP contribution in [0.3, 0.4) is 0 Å². The third-order valence-corrected chi connectivity index (χ3v) is 5.77. The standard InChI is InChI=1S/C17H18N2O4S/c20-17(14-2-1-8-18-10-14)19-15-3-5-16(6-4-15)24(21,22)12-13-7-9-23-11-13/h1-6,8,10,13H,7,9,11-12H2,(H,19,20)/t13-/m1/s1. The fraction of sp³-hybridized carbons (Fsp3) is 0.294. The molecular weight excluding hydrogens is 328 g/mol. The van der Waals surface area contributed by atoms with Crippen LogP contribution in [0.5, 0.6) is 0 Å². The van der Waals surface area contributed by atoms with E-state index in [0.29, 0.717) is 24.5 Å².